The van der Waals surface area contributed by atoms with Gasteiger partial charge < -0.3 is 10.1 Å². The summed E-state index contributed by atoms with van der Waals surface area (Å²) in [6.45, 7) is 0. The van der Waals surface area contributed by atoms with Crippen LogP contribution in [0.1, 0.15) is 16.5 Å². The summed E-state index contributed by atoms with van der Waals surface area (Å²) in [5, 5.41) is 11.5. The van der Waals surface area contributed by atoms with Crippen molar-refractivity contribution in [3.63, 3.8) is 0 Å². The van der Waals surface area contributed by atoms with E-state index in [0.717, 1.165) is 25.8 Å². The van der Waals surface area contributed by atoms with Crippen molar-refractivity contribution in [2.45, 2.75) is 6.10 Å². The van der Waals surface area contributed by atoms with Crippen LogP contribution in [0.4, 0.5) is 0 Å². The molecule has 1 aromatic carbocycles. The van der Waals surface area contributed by atoms with Gasteiger partial charge in [0.25, 0.3) is 0 Å². The average molecular weight is 343 g/mol. The Morgan fingerprint density at radius 1 is 1.33 bits per heavy atom. The van der Waals surface area contributed by atoms with Gasteiger partial charge in [0.15, 0.2) is 0 Å². The number of nitrogens with one attached hydrogen (secondary N) is 1. The molecule has 0 amide bonds. The molecule has 0 aliphatic rings. The number of halogens is 2. The number of hydrogen-bond donors (Lipinski definition) is 2. The van der Waals surface area contributed by atoms with Crippen LogP contribution in [0.3, 0.4) is 0 Å². The van der Waals surface area contributed by atoms with Crippen LogP contribution >= 0.6 is 38.9 Å². The Labute approximate surface area is 121 Å². The summed E-state index contributed by atoms with van der Waals surface area (Å²) < 4.78 is 1.48. The fourth-order valence-electron chi connectivity index (χ4n) is 2.00. The highest BCUT2D eigenvalue weighted by Crippen LogP contribution is 2.38. The van der Waals surface area contributed by atoms with E-state index in [1.54, 1.807) is 0 Å². The van der Waals surface area contributed by atoms with Gasteiger partial charge in [0.1, 0.15) is 10.4 Å². The maximum Gasteiger partial charge on any atom is 0.114 e. The number of aromatic amines is 1. The Bertz CT molecular complexity index is 686. The molecule has 1 unspecified atom stereocenters. The maximum absolute atomic E-state index is 10.5. The minimum atomic E-state index is -0.654. The zero-order valence-corrected chi connectivity index (χ0v) is 12.3. The number of aromatic nitrogens is 1. The van der Waals surface area contributed by atoms with E-state index in [-0.39, 0.29) is 0 Å². The van der Waals surface area contributed by atoms with Crippen LogP contribution in [-0.2, 0) is 0 Å². The van der Waals surface area contributed by atoms with E-state index in [2.05, 4.69) is 20.9 Å². The molecule has 5 heteroatoms. The largest absolute Gasteiger partial charge is 0.383 e. The van der Waals surface area contributed by atoms with Gasteiger partial charge in [-0.1, -0.05) is 23.7 Å². The fourth-order valence-corrected chi connectivity index (χ4v) is 3.74. The fraction of sp³-hybridized carbons (Fsp3) is 0.0769. The summed E-state index contributed by atoms with van der Waals surface area (Å²) in [5.41, 5.74) is 1.91. The van der Waals surface area contributed by atoms with E-state index in [0.29, 0.717) is 4.34 Å². The average Bonchev–Trinajstić information content (AvgIpc) is 2.95. The SMILES string of the molecule is OC(c1cc(Br)c(Cl)s1)c1cccc2[nH]ccc12. The number of rotatable bonds is 2. The molecule has 0 aliphatic carbocycles. The topological polar surface area (TPSA) is 36.0 Å². The molecule has 3 rings (SSSR count). The second-order valence-corrected chi connectivity index (χ2v) is 6.50. The molecular formula is C13H9BrClNOS. The quantitative estimate of drug-likeness (QED) is 0.694. The number of aliphatic hydroxyl groups excluding tert-OH is 1. The van der Waals surface area contributed by atoms with Crippen molar-refractivity contribution >= 4 is 49.8 Å². The molecule has 92 valence electrons. The molecule has 0 bridgehead atoms. The minimum absolute atomic E-state index is 0.654. The number of H-pyrrole nitrogens is 1. The third-order valence-corrected chi connectivity index (χ3v) is 5.38. The van der Waals surface area contributed by atoms with E-state index in [9.17, 15) is 5.11 Å². The first-order chi connectivity index (χ1) is 8.66. The van der Waals surface area contributed by atoms with E-state index < -0.39 is 6.10 Å². The van der Waals surface area contributed by atoms with Crippen LogP contribution < -0.4 is 0 Å². The molecule has 0 radical (unpaired) electrons. The molecule has 0 saturated carbocycles. The second-order valence-electron chi connectivity index (χ2n) is 3.96. The van der Waals surface area contributed by atoms with Gasteiger partial charge in [0, 0.05) is 26.4 Å². The first-order valence-corrected chi connectivity index (χ1v) is 7.34. The minimum Gasteiger partial charge on any atom is -0.383 e. The third kappa shape index (κ3) is 1.99. The zero-order valence-electron chi connectivity index (χ0n) is 9.15. The van der Waals surface area contributed by atoms with Gasteiger partial charge in [-0.3, -0.25) is 0 Å². The maximum atomic E-state index is 10.5. The number of benzene rings is 1. The van der Waals surface area contributed by atoms with Gasteiger partial charge in [-0.15, -0.1) is 11.3 Å². The second kappa shape index (κ2) is 4.70. The van der Waals surface area contributed by atoms with Gasteiger partial charge >= 0.3 is 0 Å². The molecule has 0 spiro atoms. The summed E-state index contributed by atoms with van der Waals surface area (Å²) in [5.74, 6) is 0. The Kier molecular flexibility index (Phi) is 3.20. The molecule has 2 N–H and O–H groups in total. The highest BCUT2D eigenvalue weighted by atomic mass is 79.9. The van der Waals surface area contributed by atoms with Crippen LogP contribution in [0.15, 0.2) is 41.0 Å². The highest BCUT2D eigenvalue weighted by molar-refractivity contribution is 9.10. The van der Waals surface area contributed by atoms with Crippen molar-refractivity contribution in [3.8, 4) is 0 Å². The van der Waals surface area contributed by atoms with Crippen molar-refractivity contribution in [3.05, 3.63) is 55.8 Å². The molecule has 1 atom stereocenters. The molecule has 2 aromatic heterocycles. The lowest BCUT2D eigenvalue weighted by Gasteiger charge is -2.10. The zero-order chi connectivity index (χ0) is 12.7. The van der Waals surface area contributed by atoms with Crippen LogP contribution in [-0.4, -0.2) is 10.1 Å². The predicted molar refractivity (Wildman–Crippen MR) is 79.4 cm³/mol. The normalized spacial score (nSPS) is 13.1. The van der Waals surface area contributed by atoms with Crippen molar-refractivity contribution < 1.29 is 5.11 Å². The Morgan fingerprint density at radius 3 is 2.89 bits per heavy atom. The molecule has 0 saturated heterocycles. The molecule has 2 nitrogen and oxygen atoms in total. The molecule has 0 aliphatic heterocycles. The van der Waals surface area contributed by atoms with Crippen LogP contribution in [0.25, 0.3) is 10.9 Å². The lowest BCUT2D eigenvalue weighted by Crippen LogP contribution is -1.97. The first kappa shape index (κ1) is 12.2. The molecular weight excluding hydrogens is 334 g/mol. The van der Waals surface area contributed by atoms with Crippen molar-refractivity contribution in [2.75, 3.05) is 0 Å². The van der Waals surface area contributed by atoms with Gasteiger partial charge in [-0.05, 0) is 39.7 Å². The van der Waals surface area contributed by atoms with Gasteiger partial charge in [-0.25, -0.2) is 0 Å². The predicted octanol–water partition coefficient (Wildman–Crippen LogP) is 4.73. The van der Waals surface area contributed by atoms with E-state index >= 15 is 0 Å². The van der Waals surface area contributed by atoms with Crippen LogP contribution in [0.5, 0.6) is 0 Å². The summed E-state index contributed by atoms with van der Waals surface area (Å²) >= 11 is 10.8. The number of fused-ring (bicyclic) bond motifs is 1. The Hall–Kier alpha value is -0.810. The van der Waals surface area contributed by atoms with Gasteiger partial charge in [0.05, 0.1) is 0 Å². The van der Waals surface area contributed by atoms with E-state index in [1.807, 2.05) is 36.5 Å². The van der Waals surface area contributed by atoms with Crippen LogP contribution in [0, 0.1) is 0 Å². The van der Waals surface area contributed by atoms with Gasteiger partial charge in [0.2, 0.25) is 0 Å². The van der Waals surface area contributed by atoms with E-state index in [4.69, 9.17) is 11.6 Å². The summed E-state index contributed by atoms with van der Waals surface area (Å²) in [6, 6.07) is 9.69. The van der Waals surface area contributed by atoms with Crippen molar-refractivity contribution in [1.82, 2.24) is 4.98 Å². The van der Waals surface area contributed by atoms with Crippen molar-refractivity contribution in [2.24, 2.45) is 0 Å². The van der Waals surface area contributed by atoms with Crippen LogP contribution in [0.2, 0.25) is 4.34 Å². The van der Waals surface area contributed by atoms with E-state index in [1.165, 1.54) is 11.3 Å². The number of thiophene rings is 1. The Morgan fingerprint density at radius 2 is 2.17 bits per heavy atom. The van der Waals surface area contributed by atoms with Gasteiger partial charge in [-0.2, -0.15) is 0 Å². The van der Waals surface area contributed by atoms with Crippen molar-refractivity contribution in [1.29, 1.82) is 0 Å². The Balaban J connectivity index is 2.11. The molecule has 3 aromatic rings. The summed E-state index contributed by atoms with van der Waals surface area (Å²) in [7, 11) is 0. The highest BCUT2D eigenvalue weighted by Gasteiger charge is 2.17. The third-order valence-electron chi connectivity index (χ3n) is 2.86. The summed E-state index contributed by atoms with van der Waals surface area (Å²) in [4.78, 5) is 3.97. The molecule has 18 heavy (non-hydrogen) atoms. The lowest BCUT2D eigenvalue weighted by molar-refractivity contribution is 0.225. The monoisotopic (exact) mass is 341 g/mol. The first-order valence-electron chi connectivity index (χ1n) is 5.35. The molecule has 0 fully saturated rings. The lowest BCUT2D eigenvalue weighted by atomic mass is 10.0. The standard InChI is InChI=1S/C13H9BrClNOS/c14-9-6-11(18-13(9)15)12(17)8-2-1-3-10-7(8)4-5-16-10/h1-6,12,16-17H. The molecule has 2 heterocycles. The summed E-state index contributed by atoms with van der Waals surface area (Å²) in [6.07, 6.45) is 1.22. The number of aliphatic hydroxyl groups is 1. The smallest absolute Gasteiger partial charge is 0.114 e. The number of hydrogen-bond acceptors (Lipinski definition) is 2.